The van der Waals surface area contributed by atoms with E-state index in [9.17, 15) is 9.00 Å². The van der Waals surface area contributed by atoms with Crippen molar-refractivity contribution in [2.75, 3.05) is 6.54 Å². The Labute approximate surface area is 126 Å². The van der Waals surface area contributed by atoms with Gasteiger partial charge in [0, 0.05) is 27.4 Å². The molecule has 0 saturated carbocycles. The highest BCUT2D eigenvalue weighted by Gasteiger charge is 2.20. The lowest BCUT2D eigenvalue weighted by Crippen LogP contribution is -2.36. The van der Waals surface area contributed by atoms with E-state index in [1.165, 1.54) is 0 Å². The lowest BCUT2D eigenvalue weighted by Gasteiger charge is -2.12. The van der Waals surface area contributed by atoms with Gasteiger partial charge in [-0.05, 0) is 31.0 Å². The van der Waals surface area contributed by atoms with E-state index in [0.29, 0.717) is 16.6 Å². The van der Waals surface area contributed by atoms with Gasteiger partial charge in [0.25, 0.3) is 0 Å². The largest absolute Gasteiger partial charge is 0.355 e. The maximum atomic E-state index is 12.1. The van der Waals surface area contributed by atoms with E-state index in [2.05, 4.69) is 5.32 Å². The maximum Gasteiger partial charge on any atom is 0.235 e. The van der Waals surface area contributed by atoms with E-state index in [0.717, 1.165) is 12.0 Å². The topological polar surface area (TPSA) is 46.2 Å². The van der Waals surface area contributed by atoms with Crippen molar-refractivity contribution in [3.63, 3.8) is 0 Å². The Morgan fingerprint density at radius 1 is 1.42 bits per heavy atom. The van der Waals surface area contributed by atoms with Gasteiger partial charge in [-0.2, -0.15) is 0 Å². The van der Waals surface area contributed by atoms with Crippen LogP contribution in [0.4, 0.5) is 0 Å². The zero-order valence-corrected chi connectivity index (χ0v) is 13.2. The first-order valence-electron chi connectivity index (χ1n) is 6.04. The number of hydrogen-bond donors (Lipinski definition) is 1. The van der Waals surface area contributed by atoms with Gasteiger partial charge in [-0.1, -0.05) is 36.2 Å². The van der Waals surface area contributed by atoms with Crippen LogP contribution in [-0.4, -0.2) is 21.9 Å². The second kappa shape index (κ2) is 7.88. The highest BCUT2D eigenvalue weighted by Crippen LogP contribution is 2.22. The summed E-state index contributed by atoms with van der Waals surface area (Å²) < 4.78 is 12.1. The fourth-order valence-electron chi connectivity index (χ4n) is 1.43. The predicted molar refractivity (Wildman–Crippen MR) is 81.1 cm³/mol. The van der Waals surface area contributed by atoms with Crippen LogP contribution in [0, 0.1) is 0 Å². The van der Waals surface area contributed by atoms with Crippen molar-refractivity contribution < 1.29 is 9.00 Å². The summed E-state index contributed by atoms with van der Waals surface area (Å²) in [6.07, 6.45) is 0.855. The van der Waals surface area contributed by atoms with Crippen LogP contribution in [0.15, 0.2) is 18.2 Å². The quantitative estimate of drug-likeness (QED) is 0.874. The Balaban J connectivity index is 2.66. The molecular weight excluding hydrogens is 305 g/mol. The highest BCUT2D eigenvalue weighted by atomic mass is 35.5. The molecular formula is C13H17Cl2NO2S. The van der Waals surface area contributed by atoms with Crippen LogP contribution in [-0.2, 0) is 21.3 Å². The summed E-state index contributed by atoms with van der Waals surface area (Å²) in [5.41, 5.74) is 0.736. The van der Waals surface area contributed by atoms with Gasteiger partial charge in [-0.3, -0.25) is 9.00 Å². The number of rotatable bonds is 6. The molecule has 0 spiro atoms. The molecule has 6 heteroatoms. The molecule has 0 radical (unpaired) electrons. The molecule has 1 aromatic rings. The van der Waals surface area contributed by atoms with Gasteiger partial charge in [0.05, 0.1) is 5.75 Å². The van der Waals surface area contributed by atoms with Crippen molar-refractivity contribution in [3.05, 3.63) is 33.8 Å². The van der Waals surface area contributed by atoms with Gasteiger partial charge >= 0.3 is 0 Å². The van der Waals surface area contributed by atoms with Gasteiger partial charge < -0.3 is 5.32 Å². The van der Waals surface area contributed by atoms with Crippen LogP contribution in [0.5, 0.6) is 0 Å². The van der Waals surface area contributed by atoms with E-state index in [4.69, 9.17) is 23.2 Å². The molecule has 0 bridgehead atoms. The Bertz CT molecular complexity index is 480. The standard InChI is InChI=1S/C13H17Cl2NO2S/c1-3-6-16-13(17)9(2)19(18)8-10-4-5-11(14)7-12(10)15/h4-5,7,9H,3,6,8H2,1-2H3,(H,16,17)/t9-,19+/m0/s1. The van der Waals surface area contributed by atoms with Crippen LogP contribution in [0.2, 0.25) is 10.0 Å². The summed E-state index contributed by atoms with van der Waals surface area (Å²) in [4.78, 5) is 11.7. The van der Waals surface area contributed by atoms with Crippen molar-refractivity contribution >= 4 is 39.9 Å². The fraction of sp³-hybridized carbons (Fsp3) is 0.462. The SMILES string of the molecule is CCCNC(=O)[C@H](C)[S@](=O)Cc1ccc(Cl)cc1Cl. The van der Waals surface area contributed by atoms with E-state index >= 15 is 0 Å². The molecule has 3 nitrogen and oxygen atoms in total. The number of carbonyl (C=O) groups excluding carboxylic acids is 1. The Kier molecular flexibility index (Phi) is 6.83. The molecule has 106 valence electrons. The van der Waals surface area contributed by atoms with Gasteiger partial charge in [-0.25, -0.2) is 0 Å². The maximum absolute atomic E-state index is 12.1. The van der Waals surface area contributed by atoms with Gasteiger partial charge in [0.2, 0.25) is 5.91 Å². The minimum Gasteiger partial charge on any atom is -0.355 e. The van der Waals surface area contributed by atoms with Gasteiger partial charge in [0.1, 0.15) is 5.25 Å². The van der Waals surface area contributed by atoms with Crippen molar-refractivity contribution in [2.45, 2.75) is 31.3 Å². The highest BCUT2D eigenvalue weighted by molar-refractivity contribution is 7.85. The van der Waals surface area contributed by atoms with Crippen molar-refractivity contribution in [3.8, 4) is 0 Å². The third-order valence-corrected chi connectivity index (χ3v) is 4.81. The number of nitrogens with one attached hydrogen (secondary N) is 1. The molecule has 0 fully saturated rings. The van der Waals surface area contributed by atoms with Crippen molar-refractivity contribution in [1.82, 2.24) is 5.32 Å². The monoisotopic (exact) mass is 321 g/mol. The molecule has 1 amide bonds. The molecule has 2 atom stereocenters. The molecule has 0 aliphatic heterocycles. The second-order valence-electron chi connectivity index (χ2n) is 4.19. The van der Waals surface area contributed by atoms with E-state index in [1.54, 1.807) is 25.1 Å². The van der Waals surface area contributed by atoms with Crippen LogP contribution in [0.25, 0.3) is 0 Å². The molecule has 1 N–H and O–H groups in total. The number of carbonyl (C=O) groups is 1. The van der Waals surface area contributed by atoms with E-state index < -0.39 is 16.0 Å². The summed E-state index contributed by atoms with van der Waals surface area (Å²) in [6, 6.07) is 5.04. The van der Waals surface area contributed by atoms with Crippen molar-refractivity contribution in [1.29, 1.82) is 0 Å². The summed E-state index contributed by atoms with van der Waals surface area (Å²) in [7, 11) is -1.31. The third-order valence-electron chi connectivity index (χ3n) is 2.63. The second-order valence-corrected chi connectivity index (χ2v) is 6.79. The first-order chi connectivity index (χ1) is 8.95. The Morgan fingerprint density at radius 3 is 2.68 bits per heavy atom. The summed E-state index contributed by atoms with van der Waals surface area (Å²) >= 11 is 11.8. The first-order valence-corrected chi connectivity index (χ1v) is 8.18. The lowest BCUT2D eigenvalue weighted by atomic mass is 10.2. The molecule has 0 aliphatic carbocycles. The van der Waals surface area contributed by atoms with Crippen LogP contribution < -0.4 is 5.32 Å². The number of amides is 1. The number of hydrogen-bond acceptors (Lipinski definition) is 2. The zero-order valence-electron chi connectivity index (χ0n) is 10.9. The minimum atomic E-state index is -1.31. The first kappa shape index (κ1) is 16.5. The molecule has 19 heavy (non-hydrogen) atoms. The molecule has 0 aromatic heterocycles. The fourth-order valence-corrected chi connectivity index (χ4v) is 3.11. The predicted octanol–water partition coefficient (Wildman–Crippen LogP) is 3.16. The van der Waals surface area contributed by atoms with Gasteiger partial charge in [-0.15, -0.1) is 0 Å². The van der Waals surface area contributed by atoms with Gasteiger partial charge in [0.15, 0.2) is 0 Å². The third kappa shape index (κ3) is 5.13. The van der Waals surface area contributed by atoms with Crippen LogP contribution >= 0.6 is 23.2 Å². The van der Waals surface area contributed by atoms with E-state index in [1.807, 2.05) is 6.92 Å². The van der Waals surface area contributed by atoms with Crippen LogP contribution in [0.1, 0.15) is 25.8 Å². The molecule has 0 heterocycles. The lowest BCUT2D eigenvalue weighted by molar-refractivity contribution is -0.120. The zero-order chi connectivity index (χ0) is 14.4. The molecule has 0 saturated heterocycles. The van der Waals surface area contributed by atoms with E-state index in [-0.39, 0.29) is 11.7 Å². The minimum absolute atomic E-state index is 0.190. The molecule has 0 aliphatic rings. The average Bonchev–Trinajstić information content (AvgIpc) is 2.38. The van der Waals surface area contributed by atoms with Crippen LogP contribution in [0.3, 0.4) is 0 Å². The average molecular weight is 322 g/mol. The smallest absolute Gasteiger partial charge is 0.235 e. The Hall–Kier alpha value is -0.580. The molecule has 1 aromatic carbocycles. The summed E-state index contributed by atoms with van der Waals surface area (Å²) in [5, 5.41) is 3.19. The summed E-state index contributed by atoms with van der Waals surface area (Å²) in [6.45, 7) is 4.22. The Morgan fingerprint density at radius 2 is 2.11 bits per heavy atom. The number of halogens is 2. The molecule has 1 rings (SSSR count). The summed E-state index contributed by atoms with van der Waals surface area (Å²) in [5.74, 6) is 0.0572. The van der Waals surface area contributed by atoms with Crippen molar-refractivity contribution in [2.24, 2.45) is 0 Å². The number of benzene rings is 1. The molecule has 0 unspecified atom stereocenters. The normalized spacial score (nSPS) is 13.9.